The van der Waals surface area contributed by atoms with E-state index in [9.17, 15) is 37.2 Å². The molecule has 2 fully saturated rings. The van der Waals surface area contributed by atoms with Gasteiger partial charge in [-0.2, -0.15) is 8.61 Å². The van der Waals surface area contributed by atoms with E-state index >= 15 is 0 Å². The number of hydrogen-bond acceptors (Lipinski definition) is 9. The molecule has 14 heteroatoms. The highest BCUT2D eigenvalue weighted by molar-refractivity contribution is 7.89. The topological polar surface area (TPSA) is 184 Å². The lowest BCUT2D eigenvalue weighted by molar-refractivity contribution is -0.386. The zero-order valence-corrected chi connectivity index (χ0v) is 19.8. The first kappa shape index (κ1) is 25.7. The molecule has 2 aromatic rings. The lowest BCUT2D eigenvalue weighted by atomic mass is 10.3. The predicted octanol–water partition coefficient (Wildman–Crippen LogP) is 1.84. The molecule has 0 unspecified atom stereocenters. The lowest BCUT2D eigenvalue weighted by Crippen LogP contribution is -2.27. The normalized spacial score (nSPS) is 17.3. The van der Waals surface area contributed by atoms with Crippen LogP contribution < -0.4 is 5.73 Å². The average Bonchev–Trinajstić information content (AvgIpc) is 3.51. The van der Waals surface area contributed by atoms with Gasteiger partial charge in [-0.15, -0.1) is 0 Å². The Morgan fingerprint density at radius 2 is 1.18 bits per heavy atom. The van der Waals surface area contributed by atoms with Gasteiger partial charge in [0.2, 0.25) is 20.0 Å². The number of nitro groups is 1. The SMILES string of the molecule is Nc1cc(S(=O)(=O)N2CCCC2)ccc1O.O=[N+]([O-])c1cc(S(=O)(=O)N2CCCC2)ccc1O. The fourth-order valence-electron chi connectivity index (χ4n) is 3.66. The molecule has 0 bridgehead atoms. The van der Waals surface area contributed by atoms with Gasteiger partial charge in [-0.05, 0) is 56.0 Å². The van der Waals surface area contributed by atoms with Crippen molar-refractivity contribution in [2.75, 3.05) is 31.9 Å². The third-order valence-electron chi connectivity index (χ3n) is 5.55. The highest BCUT2D eigenvalue weighted by Crippen LogP contribution is 2.30. The van der Waals surface area contributed by atoms with Crippen LogP contribution in [0, 0.1) is 10.1 Å². The summed E-state index contributed by atoms with van der Waals surface area (Å²) in [6, 6.07) is 7.07. The van der Waals surface area contributed by atoms with E-state index in [1.165, 1.54) is 32.9 Å². The number of phenolic OH excluding ortho intramolecular Hbond substituents is 2. The quantitative estimate of drug-likeness (QED) is 0.232. The van der Waals surface area contributed by atoms with Crippen LogP contribution in [0.1, 0.15) is 25.7 Å². The van der Waals surface area contributed by atoms with Gasteiger partial charge in [-0.3, -0.25) is 10.1 Å². The maximum atomic E-state index is 12.1. The summed E-state index contributed by atoms with van der Waals surface area (Å²) < 4.78 is 51.2. The van der Waals surface area contributed by atoms with Crippen LogP contribution in [-0.2, 0) is 20.0 Å². The van der Waals surface area contributed by atoms with Crippen molar-refractivity contribution in [3.05, 3.63) is 46.5 Å². The first-order valence-corrected chi connectivity index (χ1v) is 13.4. The Balaban J connectivity index is 0.000000192. The van der Waals surface area contributed by atoms with Crippen LogP contribution in [0.2, 0.25) is 0 Å². The van der Waals surface area contributed by atoms with Crippen molar-refractivity contribution in [3.8, 4) is 11.5 Å². The number of nitrogen functional groups attached to an aromatic ring is 1. The van der Waals surface area contributed by atoms with Gasteiger partial charge in [-0.1, -0.05) is 0 Å². The number of phenols is 2. The second-order valence-electron chi connectivity index (χ2n) is 7.85. The van der Waals surface area contributed by atoms with Crippen LogP contribution in [0.5, 0.6) is 11.5 Å². The van der Waals surface area contributed by atoms with Crippen molar-refractivity contribution in [3.63, 3.8) is 0 Å². The maximum absolute atomic E-state index is 12.1. The number of nitro benzene ring substituents is 1. The van der Waals surface area contributed by atoms with Crippen molar-refractivity contribution in [1.82, 2.24) is 8.61 Å². The molecule has 2 heterocycles. The first-order valence-electron chi connectivity index (χ1n) is 10.5. The van der Waals surface area contributed by atoms with Crippen molar-refractivity contribution in [2.24, 2.45) is 0 Å². The lowest BCUT2D eigenvalue weighted by Gasteiger charge is -2.15. The highest BCUT2D eigenvalue weighted by atomic mass is 32.2. The van der Waals surface area contributed by atoms with Gasteiger partial charge in [0, 0.05) is 32.2 Å². The van der Waals surface area contributed by atoms with E-state index in [1.54, 1.807) is 0 Å². The van der Waals surface area contributed by atoms with E-state index in [1.807, 2.05) is 0 Å². The van der Waals surface area contributed by atoms with Crippen LogP contribution in [0.4, 0.5) is 11.4 Å². The van der Waals surface area contributed by atoms with E-state index in [0.29, 0.717) is 26.2 Å². The second kappa shape index (κ2) is 10.1. The second-order valence-corrected chi connectivity index (χ2v) is 11.7. The van der Waals surface area contributed by atoms with E-state index in [0.717, 1.165) is 37.8 Å². The first-order chi connectivity index (χ1) is 15.9. The fourth-order valence-corrected chi connectivity index (χ4v) is 6.75. The number of benzene rings is 2. The van der Waals surface area contributed by atoms with Crippen LogP contribution in [0.3, 0.4) is 0 Å². The fraction of sp³-hybridized carbons (Fsp3) is 0.400. The Hall–Kier alpha value is -2.94. The number of anilines is 1. The number of nitrogens with zero attached hydrogens (tertiary/aromatic N) is 3. The van der Waals surface area contributed by atoms with Gasteiger partial charge < -0.3 is 15.9 Å². The van der Waals surface area contributed by atoms with Gasteiger partial charge in [-0.25, -0.2) is 16.8 Å². The summed E-state index contributed by atoms with van der Waals surface area (Å²) in [7, 11) is -7.13. The Labute approximate surface area is 197 Å². The summed E-state index contributed by atoms with van der Waals surface area (Å²) in [5.74, 6) is -0.638. The predicted molar refractivity (Wildman–Crippen MR) is 123 cm³/mol. The number of hydrogen-bond donors (Lipinski definition) is 3. The van der Waals surface area contributed by atoms with Gasteiger partial charge >= 0.3 is 5.69 Å². The largest absolute Gasteiger partial charge is 0.506 e. The average molecular weight is 515 g/mol. The van der Waals surface area contributed by atoms with E-state index in [4.69, 9.17) is 5.73 Å². The molecule has 0 aromatic heterocycles. The number of sulfonamides is 2. The summed E-state index contributed by atoms with van der Waals surface area (Å²) >= 11 is 0. The van der Waals surface area contributed by atoms with Crippen molar-refractivity contribution in [2.45, 2.75) is 35.5 Å². The minimum Gasteiger partial charge on any atom is -0.506 e. The van der Waals surface area contributed by atoms with E-state index < -0.39 is 36.4 Å². The molecule has 0 aliphatic carbocycles. The summed E-state index contributed by atoms with van der Waals surface area (Å²) in [4.78, 5) is 9.84. The number of rotatable bonds is 5. The van der Waals surface area contributed by atoms with Crippen molar-refractivity contribution in [1.29, 1.82) is 0 Å². The smallest absolute Gasteiger partial charge is 0.312 e. The molecule has 2 saturated heterocycles. The molecule has 2 aliphatic heterocycles. The molecular weight excluding hydrogens is 488 g/mol. The third-order valence-corrected chi connectivity index (χ3v) is 9.34. The van der Waals surface area contributed by atoms with Crippen LogP contribution >= 0.6 is 0 Å². The van der Waals surface area contributed by atoms with Gasteiger partial charge in [0.1, 0.15) is 5.75 Å². The highest BCUT2D eigenvalue weighted by Gasteiger charge is 2.29. The van der Waals surface area contributed by atoms with E-state index in [-0.39, 0.29) is 21.2 Å². The minimum atomic E-state index is -3.69. The summed E-state index contributed by atoms with van der Waals surface area (Å²) in [5.41, 5.74) is 4.97. The molecule has 2 aromatic carbocycles. The maximum Gasteiger partial charge on any atom is 0.312 e. The molecule has 12 nitrogen and oxygen atoms in total. The molecule has 34 heavy (non-hydrogen) atoms. The molecule has 4 rings (SSSR count). The Morgan fingerprint density at radius 3 is 1.59 bits per heavy atom. The van der Waals surface area contributed by atoms with Crippen LogP contribution in [0.15, 0.2) is 46.2 Å². The minimum absolute atomic E-state index is 0.0836. The monoisotopic (exact) mass is 514 g/mol. The molecular formula is C20H26N4O8S2. The molecule has 0 amide bonds. The zero-order chi connectivity index (χ0) is 25.1. The van der Waals surface area contributed by atoms with Crippen molar-refractivity contribution < 1.29 is 32.0 Å². The molecule has 2 aliphatic rings. The number of nitrogens with two attached hydrogens (primary N) is 1. The zero-order valence-electron chi connectivity index (χ0n) is 18.2. The Kier molecular flexibility index (Phi) is 7.65. The van der Waals surface area contributed by atoms with Gasteiger partial charge in [0.05, 0.1) is 20.4 Å². The molecule has 0 radical (unpaired) electrons. The van der Waals surface area contributed by atoms with E-state index in [2.05, 4.69) is 0 Å². The Bertz CT molecular complexity index is 1270. The van der Waals surface area contributed by atoms with Crippen LogP contribution in [-0.4, -0.2) is 66.8 Å². The summed E-state index contributed by atoms with van der Waals surface area (Å²) in [5, 5.41) is 29.2. The summed E-state index contributed by atoms with van der Waals surface area (Å²) in [6.45, 7) is 1.97. The van der Waals surface area contributed by atoms with Gasteiger partial charge in [0.25, 0.3) is 0 Å². The molecule has 0 atom stereocenters. The molecule has 4 N–H and O–H groups in total. The molecule has 0 spiro atoms. The molecule has 0 saturated carbocycles. The third kappa shape index (κ3) is 5.41. The van der Waals surface area contributed by atoms with Crippen LogP contribution in [0.25, 0.3) is 0 Å². The standard InChI is InChI=1S/C10H12N2O5S.C10H14N2O3S/c13-10-4-3-8(7-9(10)12(14)15)18(16,17)11-5-1-2-6-11;11-9-7-8(3-4-10(9)13)16(14,15)12-5-1-2-6-12/h3-4,7,13H,1-2,5-6H2;3-4,7,13H,1-2,5-6,11H2. The van der Waals surface area contributed by atoms with Gasteiger partial charge in [0.15, 0.2) is 5.75 Å². The number of aromatic hydroxyl groups is 2. The molecule has 186 valence electrons. The van der Waals surface area contributed by atoms with Crippen molar-refractivity contribution >= 4 is 31.4 Å². The summed E-state index contributed by atoms with van der Waals surface area (Å²) in [6.07, 6.45) is 3.37. The Morgan fingerprint density at radius 1 is 0.765 bits per heavy atom.